The maximum absolute atomic E-state index is 12.6. The van der Waals surface area contributed by atoms with Gasteiger partial charge in [-0.05, 0) is 31.0 Å². The summed E-state index contributed by atoms with van der Waals surface area (Å²) in [5.41, 5.74) is 2.05. The van der Waals surface area contributed by atoms with Gasteiger partial charge >= 0.3 is 0 Å². The van der Waals surface area contributed by atoms with Crippen LogP contribution in [0.2, 0.25) is 0 Å². The van der Waals surface area contributed by atoms with Gasteiger partial charge in [-0.1, -0.05) is 0 Å². The largest absolute Gasteiger partial charge is 0.378 e. The molecule has 0 radical (unpaired) electrons. The number of fused-ring (bicyclic) bond motifs is 1. The van der Waals surface area contributed by atoms with Crippen LogP contribution in [0.5, 0.6) is 0 Å². The highest BCUT2D eigenvalue weighted by Gasteiger charge is 2.21. The van der Waals surface area contributed by atoms with E-state index in [0.29, 0.717) is 36.5 Å². The zero-order chi connectivity index (χ0) is 20.3. The van der Waals surface area contributed by atoms with Gasteiger partial charge in [0.25, 0.3) is 5.91 Å². The Morgan fingerprint density at radius 2 is 1.67 bits per heavy atom. The van der Waals surface area contributed by atoms with E-state index in [-0.39, 0.29) is 12.5 Å². The van der Waals surface area contributed by atoms with Gasteiger partial charge in [0.15, 0.2) is 5.82 Å². The van der Waals surface area contributed by atoms with Crippen molar-refractivity contribution in [1.82, 2.24) is 29.0 Å². The summed E-state index contributed by atoms with van der Waals surface area (Å²) in [6.45, 7) is 4.93. The van der Waals surface area contributed by atoms with E-state index in [0.717, 1.165) is 61.8 Å². The third-order valence-electron chi connectivity index (χ3n) is 5.26. The number of benzene rings is 1. The van der Waals surface area contributed by atoms with Crippen molar-refractivity contribution in [2.24, 2.45) is 0 Å². The van der Waals surface area contributed by atoms with Gasteiger partial charge < -0.3 is 19.9 Å². The number of hydrogen-bond acceptors (Lipinski definition) is 10. The summed E-state index contributed by atoms with van der Waals surface area (Å²) in [4.78, 5) is 30.9. The fourth-order valence-corrected chi connectivity index (χ4v) is 4.14. The van der Waals surface area contributed by atoms with Gasteiger partial charge in [-0.3, -0.25) is 4.79 Å². The van der Waals surface area contributed by atoms with Crippen molar-refractivity contribution in [3.63, 3.8) is 0 Å². The maximum Gasteiger partial charge on any atom is 0.251 e. The molecule has 11 heteroatoms. The molecule has 1 amide bonds. The molecule has 0 bridgehead atoms. The van der Waals surface area contributed by atoms with Crippen molar-refractivity contribution >= 4 is 40.6 Å². The van der Waals surface area contributed by atoms with Gasteiger partial charge in [0.1, 0.15) is 11.0 Å². The number of carbonyl (C=O) groups excluding carboxylic acids is 1. The Kier molecular flexibility index (Phi) is 5.37. The summed E-state index contributed by atoms with van der Waals surface area (Å²) < 4.78 is 13.8. The minimum Gasteiger partial charge on any atom is -0.378 e. The SMILES string of the molecule is O=C(NCc1nc(N2CCCC2)nc(N2CCOCC2)n1)c1ccc2nsnc2c1. The number of aromatic nitrogens is 5. The molecule has 2 fully saturated rings. The molecule has 10 nitrogen and oxygen atoms in total. The summed E-state index contributed by atoms with van der Waals surface area (Å²) in [6, 6.07) is 5.30. The van der Waals surface area contributed by atoms with Gasteiger partial charge in [0.05, 0.1) is 31.5 Å². The molecule has 156 valence electrons. The van der Waals surface area contributed by atoms with E-state index >= 15 is 0 Å². The molecule has 0 unspecified atom stereocenters. The second kappa shape index (κ2) is 8.44. The molecule has 0 aliphatic carbocycles. The minimum atomic E-state index is -0.194. The molecule has 0 spiro atoms. The predicted molar refractivity (Wildman–Crippen MR) is 113 cm³/mol. The molecule has 4 heterocycles. The highest BCUT2D eigenvalue weighted by Crippen LogP contribution is 2.20. The fraction of sp³-hybridized carbons (Fsp3) is 0.474. The molecule has 2 saturated heterocycles. The van der Waals surface area contributed by atoms with Crippen LogP contribution in [0.3, 0.4) is 0 Å². The van der Waals surface area contributed by atoms with Crippen LogP contribution in [0.15, 0.2) is 18.2 Å². The highest BCUT2D eigenvalue weighted by molar-refractivity contribution is 7.00. The number of rotatable bonds is 5. The number of nitrogens with one attached hydrogen (secondary N) is 1. The topological polar surface area (TPSA) is 109 Å². The third-order valence-corrected chi connectivity index (χ3v) is 5.82. The van der Waals surface area contributed by atoms with Crippen LogP contribution in [0.4, 0.5) is 11.9 Å². The summed E-state index contributed by atoms with van der Waals surface area (Å²) >= 11 is 1.14. The molecule has 1 N–H and O–H groups in total. The molecule has 0 saturated carbocycles. The van der Waals surface area contributed by atoms with E-state index in [2.05, 4.69) is 33.8 Å². The lowest BCUT2D eigenvalue weighted by Gasteiger charge is -2.28. The zero-order valence-electron chi connectivity index (χ0n) is 16.5. The molecule has 0 atom stereocenters. The number of ether oxygens (including phenoxy) is 1. The van der Waals surface area contributed by atoms with Crippen LogP contribution in [-0.2, 0) is 11.3 Å². The lowest BCUT2D eigenvalue weighted by molar-refractivity contribution is 0.0950. The van der Waals surface area contributed by atoms with Gasteiger partial charge in [-0.25, -0.2) is 0 Å². The lowest BCUT2D eigenvalue weighted by Crippen LogP contribution is -2.38. The van der Waals surface area contributed by atoms with Crippen molar-refractivity contribution in [1.29, 1.82) is 0 Å². The van der Waals surface area contributed by atoms with Crippen molar-refractivity contribution < 1.29 is 9.53 Å². The zero-order valence-corrected chi connectivity index (χ0v) is 17.3. The first-order valence-electron chi connectivity index (χ1n) is 10.1. The molecular formula is C19H22N8O2S. The second-order valence-corrected chi connectivity index (χ2v) is 7.82. The number of hydrogen-bond donors (Lipinski definition) is 1. The molecule has 30 heavy (non-hydrogen) atoms. The van der Waals surface area contributed by atoms with E-state index in [1.807, 2.05) is 0 Å². The fourth-order valence-electron chi connectivity index (χ4n) is 3.62. The van der Waals surface area contributed by atoms with Gasteiger partial charge in [-0.2, -0.15) is 23.7 Å². The monoisotopic (exact) mass is 426 g/mol. The summed E-state index contributed by atoms with van der Waals surface area (Å²) in [6.07, 6.45) is 2.27. The van der Waals surface area contributed by atoms with E-state index in [9.17, 15) is 4.79 Å². The first kappa shape index (κ1) is 19.1. The van der Waals surface area contributed by atoms with Crippen molar-refractivity contribution in [2.45, 2.75) is 19.4 Å². The number of nitrogens with zero attached hydrogens (tertiary/aromatic N) is 7. The smallest absolute Gasteiger partial charge is 0.251 e. The summed E-state index contributed by atoms with van der Waals surface area (Å²) in [5.74, 6) is 1.69. The lowest BCUT2D eigenvalue weighted by atomic mass is 10.2. The molecule has 2 aliphatic rings. The number of morpholine rings is 1. The maximum atomic E-state index is 12.6. The van der Waals surface area contributed by atoms with Crippen molar-refractivity contribution in [3.8, 4) is 0 Å². The number of amides is 1. The highest BCUT2D eigenvalue weighted by atomic mass is 32.1. The molecule has 2 aromatic heterocycles. The van der Waals surface area contributed by atoms with Gasteiger partial charge in [0.2, 0.25) is 11.9 Å². The Morgan fingerprint density at radius 1 is 0.967 bits per heavy atom. The Hall–Kier alpha value is -2.92. The second-order valence-electron chi connectivity index (χ2n) is 7.30. The molecule has 5 rings (SSSR count). The Morgan fingerprint density at radius 3 is 2.43 bits per heavy atom. The number of carbonyl (C=O) groups is 1. The van der Waals surface area contributed by atoms with E-state index in [1.54, 1.807) is 18.2 Å². The van der Waals surface area contributed by atoms with E-state index in [1.165, 1.54) is 0 Å². The van der Waals surface area contributed by atoms with Crippen molar-refractivity contribution in [2.75, 3.05) is 49.2 Å². The van der Waals surface area contributed by atoms with Gasteiger partial charge in [0, 0.05) is 31.7 Å². The summed E-state index contributed by atoms with van der Waals surface area (Å²) in [5, 5.41) is 2.92. The van der Waals surface area contributed by atoms with Crippen LogP contribution < -0.4 is 15.1 Å². The van der Waals surface area contributed by atoms with Crippen LogP contribution in [0.25, 0.3) is 11.0 Å². The van der Waals surface area contributed by atoms with Gasteiger partial charge in [-0.15, -0.1) is 0 Å². The standard InChI is InChI=1S/C19H22N8O2S/c28-17(13-3-4-14-15(11-13)25-30-24-14)20-12-16-21-18(26-5-1-2-6-26)23-19(22-16)27-7-9-29-10-8-27/h3-4,11H,1-2,5-10,12H2,(H,20,28). The predicted octanol–water partition coefficient (Wildman–Crippen LogP) is 1.24. The molecular weight excluding hydrogens is 404 g/mol. The average Bonchev–Trinajstić information content (AvgIpc) is 3.49. The first-order chi connectivity index (χ1) is 14.8. The van der Waals surface area contributed by atoms with Crippen LogP contribution in [0, 0.1) is 0 Å². The van der Waals surface area contributed by atoms with E-state index < -0.39 is 0 Å². The molecule has 2 aliphatic heterocycles. The average molecular weight is 427 g/mol. The van der Waals surface area contributed by atoms with Crippen LogP contribution in [0.1, 0.15) is 29.0 Å². The van der Waals surface area contributed by atoms with E-state index in [4.69, 9.17) is 9.72 Å². The first-order valence-corrected chi connectivity index (χ1v) is 10.8. The molecule has 3 aromatic rings. The quantitative estimate of drug-likeness (QED) is 0.644. The Bertz CT molecular complexity index is 1050. The Labute approximate surface area is 177 Å². The van der Waals surface area contributed by atoms with Crippen molar-refractivity contribution in [3.05, 3.63) is 29.6 Å². The number of anilines is 2. The van der Waals surface area contributed by atoms with Crippen LogP contribution in [-0.4, -0.2) is 69.0 Å². The van der Waals surface area contributed by atoms with Crippen LogP contribution >= 0.6 is 11.7 Å². The molecule has 1 aromatic carbocycles. The normalized spacial score (nSPS) is 16.9. The third kappa shape index (κ3) is 4.03. The summed E-state index contributed by atoms with van der Waals surface area (Å²) in [7, 11) is 0. The minimum absolute atomic E-state index is 0.194. The Balaban J connectivity index is 1.35.